The Morgan fingerprint density at radius 3 is 2.50 bits per heavy atom. The maximum atomic E-state index is 12.4. The predicted octanol–water partition coefficient (Wildman–Crippen LogP) is 4.12. The number of carbonyl (C=O) groups is 2. The second kappa shape index (κ2) is 7.57. The maximum absolute atomic E-state index is 12.4. The van der Waals surface area contributed by atoms with Gasteiger partial charge < -0.3 is 4.74 Å². The molecule has 0 radical (unpaired) electrons. The van der Waals surface area contributed by atoms with Crippen molar-refractivity contribution in [1.82, 2.24) is 0 Å². The molecular weight excluding hydrogens is 276 g/mol. The Kier molecular flexibility index (Phi) is 5.76. The zero-order chi connectivity index (χ0) is 16.1. The van der Waals surface area contributed by atoms with Crippen molar-refractivity contribution in [3.05, 3.63) is 35.9 Å². The van der Waals surface area contributed by atoms with Crippen LogP contribution < -0.4 is 0 Å². The van der Waals surface area contributed by atoms with Crippen molar-refractivity contribution < 1.29 is 14.3 Å². The molecule has 0 heterocycles. The highest BCUT2D eigenvalue weighted by atomic mass is 16.5. The van der Waals surface area contributed by atoms with Gasteiger partial charge >= 0.3 is 5.97 Å². The molecule has 1 saturated carbocycles. The van der Waals surface area contributed by atoms with Crippen LogP contribution >= 0.6 is 0 Å². The number of Topliss-reactive ketones (excluding diaryl/α,β-unsaturated/α-hetero) is 1. The molecule has 3 atom stereocenters. The van der Waals surface area contributed by atoms with Crippen molar-refractivity contribution in [1.29, 1.82) is 0 Å². The van der Waals surface area contributed by atoms with E-state index in [2.05, 4.69) is 20.8 Å². The van der Waals surface area contributed by atoms with E-state index in [4.69, 9.17) is 4.74 Å². The number of hydrogen-bond donors (Lipinski definition) is 0. The van der Waals surface area contributed by atoms with E-state index in [1.165, 1.54) is 6.42 Å². The number of carbonyl (C=O) groups excluding carboxylic acids is 2. The Balaban J connectivity index is 1.94. The van der Waals surface area contributed by atoms with Crippen LogP contribution in [-0.4, -0.2) is 18.4 Å². The van der Waals surface area contributed by atoms with E-state index in [1.807, 2.05) is 18.2 Å². The van der Waals surface area contributed by atoms with Crippen LogP contribution in [-0.2, 0) is 9.53 Å². The van der Waals surface area contributed by atoms with Gasteiger partial charge in [0.15, 0.2) is 12.4 Å². The maximum Gasteiger partial charge on any atom is 0.309 e. The van der Waals surface area contributed by atoms with E-state index < -0.39 is 0 Å². The van der Waals surface area contributed by atoms with Gasteiger partial charge in [0.05, 0.1) is 5.92 Å². The first-order valence-electron chi connectivity index (χ1n) is 8.24. The lowest BCUT2D eigenvalue weighted by Crippen LogP contribution is -2.35. The van der Waals surface area contributed by atoms with Gasteiger partial charge in [0.25, 0.3) is 0 Å². The van der Waals surface area contributed by atoms with E-state index in [-0.39, 0.29) is 24.3 Å². The SMILES string of the molecule is CC(C)[C@@H]1CC[C@@H](C)C[C@@H]1C(=O)OCC(=O)c1ccccc1. The highest BCUT2D eigenvalue weighted by Gasteiger charge is 2.36. The molecule has 0 aromatic heterocycles. The van der Waals surface area contributed by atoms with E-state index >= 15 is 0 Å². The van der Waals surface area contributed by atoms with Crippen molar-refractivity contribution in [2.75, 3.05) is 6.61 Å². The van der Waals surface area contributed by atoms with E-state index in [0.717, 1.165) is 12.8 Å². The molecule has 0 spiro atoms. The minimum atomic E-state index is -0.200. The first kappa shape index (κ1) is 16.7. The van der Waals surface area contributed by atoms with Gasteiger partial charge in [-0.2, -0.15) is 0 Å². The van der Waals surface area contributed by atoms with Gasteiger partial charge in [-0.15, -0.1) is 0 Å². The van der Waals surface area contributed by atoms with Crippen LogP contribution in [0.2, 0.25) is 0 Å². The van der Waals surface area contributed by atoms with Crippen LogP contribution in [0.5, 0.6) is 0 Å². The Morgan fingerprint density at radius 1 is 1.18 bits per heavy atom. The number of hydrogen-bond acceptors (Lipinski definition) is 3. The molecule has 0 saturated heterocycles. The Bertz CT molecular complexity index is 507. The molecule has 2 rings (SSSR count). The van der Waals surface area contributed by atoms with Gasteiger partial charge in [-0.05, 0) is 30.6 Å². The lowest BCUT2D eigenvalue weighted by molar-refractivity contribution is -0.152. The summed E-state index contributed by atoms with van der Waals surface area (Å²) >= 11 is 0. The fraction of sp³-hybridized carbons (Fsp3) is 0.579. The van der Waals surface area contributed by atoms with Crippen LogP contribution in [0.15, 0.2) is 30.3 Å². The monoisotopic (exact) mass is 302 g/mol. The van der Waals surface area contributed by atoms with E-state index in [0.29, 0.717) is 23.3 Å². The smallest absolute Gasteiger partial charge is 0.309 e. The van der Waals surface area contributed by atoms with Crippen molar-refractivity contribution in [2.24, 2.45) is 23.7 Å². The summed E-state index contributed by atoms with van der Waals surface area (Å²) < 4.78 is 5.34. The largest absolute Gasteiger partial charge is 0.457 e. The van der Waals surface area contributed by atoms with Gasteiger partial charge in [-0.25, -0.2) is 0 Å². The standard InChI is InChI=1S/C19H26O3/c1-13(2)16-10-9-14(3)11-17(16)19(21)22-12-18(20)15-7-5-4-6-8-15/h4-8,13-14,16-17H,9-12H2,1-3H3/t14-,16+,17+/m1/s1. The molecule has 120 valence electrons. The summed E-state index contributed by atoms with van der Waals surface area (Å²) in [5, 5.41) is 0. The lowest BCUT2D eigenvalue weighted by Gasteiger charge is -2.35. The van der Waals surface area contributed by atoms with Crippen LogP contribution in [0.1, 0.15) is 50.4 Å². The minimum Gasteiger partial charge on any atom is -0.457 e. The molecule has 0 N–H and O–H groups in total. The number of benzene rings is 1. The highest BCUT2D eigenvalue weighted by Crippen LogP contribution is 2.38. The summed E-state index contributed by atoms with van der Waals surface area (Å²) in [6.45, 7) is 6.36. The third-order valence-corrected chi connectivity index (χ3v) is 4.77. The molecule has 1 aliphatic rings. The molecular formula is C19H26O3. The Hall–Kier alpha value is -1.64. The molecule has 0 amide bonds. The normalized spacial score (nSPS) is 25.0. The number of ketones is 1. The molecule has 0 bridgehead atoms. The third-order valence-electron chi connectivity index (χ3n) is 4.77. The van der Waals surface area contributed by atoms with Gasteiger partial charge in [-0.1, -0.05) is 57.5 Å². The summed E-state index contributed by atoms with van der Waals surface area (Å²) in [7, 11) is 0. The van der Waals surface area contributed by atoms with Crippen molar-refractivity contribution in [2.45, 2.75) is 40.0 Å². The Morgan fingerprint density at radius 2 is 1.86 bits per heavy atom. The molecule has 0 aliphatic heterocycles. The van der Waals surface area contributed by atoms with Crippen LogP contribution in [0, 0.1) is 23.7 Å². The molecule has 1 fully saturated rings. The number of esters is 1. The summed E-state index contributed by atoms with van der Waals surface area (Å²) in [5.41, 5.74) is 0.590. The molecule has 1 aromatic rings. The zero-order valence-corrected chi connectivity index (χ0v) is 13.7. The second-order valence-electron chi connectivity index (χ2n) is 6.83. The lowest BCUT2D eigenvalue weighted by atomic mass is 9.70. The number of rotatable bonds is 5. The van der Waals surface area contributed by atoms with Gasteiger partial charge in [-0.3, -0.25) is 9.59 Å². The van der Waals surface area contributed by atoms with Gasteiger partial charge in [0.1, 0.15) is 0 Å². The predicted molar refractivity (Wildman–Crippen MR) is 86.6 cm³/mol. The first-order valence-corrected chi connectivity index (χ1v) is 8.24. The Labute approximate surface area is 133 Å². The fourth-order valence-electron chi connectivity index (χ4n) is 3.42. The van der Waals surface area contributed by atoms with E-state index in [9.17, 15) is 9.59 Å². The fourth-order valence-corrected chi connectivity index (χ4v) is 3.42. The topological polar surface area (TPSA) is 43.4 Å². The van der Waals surface area contributed by atoms with Crippen molar-refractivity contribution in [3.63, 3.8) is 0 Å². The highest BCUT2D eigenvalue weighted by molar-refractivity contribution is 5.97. The number of ether oxygens (including phenoxy) is 1. The van der Waals surface area contributed by atoms with Crippen molar-refractivity contribution in [3.8, 4) is 0 Å². The first-order chi connectivity index (χ1) is 10.5. The molecule has 3 nitrogen and oxygen atoms in total. The van der Waals surface area contributed by atoms with Gasteiger partial charge in [0.2, 0.25) is 0 Å². The van der Waals surface area contributed by atoms with Crippen LogP contribution in [0.25, 0.3) is 0 Å². The second-order valence-corrected chi connectivity index (χ2v) is 6.83. The van der Waals surface area contributed by atoms with Crippen LogP contribution in [0.4, 0.5) is 0 Å². The molecule has 0 unspecified atom stereocenters. The van der Waals surface area contributed by atoms with Crippen molar-refractivity contribution >= 4 is 11.8 Å². The van der Waals surface area contributed by atoms with E-state index in [1.54, 1.807) is 12.1 Å². The molecule has 1 aromatic carbocycles. The van der Waals surface area contributed by atoms with Crippen LogP contribution in [0.3, 0.4) is 0 Å². The average Bonchev–Trinajstić information content (AvgIpc) is 2.52. The summed E-state index contributed by atoms with van der Waals surface area (Å²) in [6, 6.07) is 8.98. The summed E-state index contributed by atoms with van der Waals surface area (Å²) in [6.07, 6.45) is 3.13. The molecule has 1 aliphatic carbocycles. The minimum absolute atomic E-state index is 0.0627. The average molecular weight is 302 g/mol. The molecule has 22 heavy (non-hydrogen) atoms. The zero-order valence-electron chi connectivity index (χ0n) is 13.7. The summed E-state index contributed by atoms with van der Waals surface area (Å²) in [4.78, 5) is 24.5. The third kappa shape index (κ3) is 4.19. The summed E-state index contributed by atoms with van der Waals surface area (Å²) in [5.74, 6) is 0.989. The van der Waals surface area contributed by atoms with Gasteiger partial charge in [0, 0.05) is 5.56 Å². The quantitative estimate of drug-likeness (QED) is 0.607. The molecule has 3 heteroatoms.